The van der Waals surface area contributed by atoms with E-state index < -0.39 is 0 Å². The van der Waals surface area contributed by atoms with Crippen LogP contribution in [0.2, 0.25) is 5.02 Å². The minimum atomic E-state index is -0.287. The van der Waals surface area contributed by atoms with Gasteiger partial charge in [0.1, 0.15) is 17.3 Å². The lowest BCUT2D eigenvalue weighted by Crippen LogP contribution is -2.19. The van der Waals surface area contributed by atoms with Gasteiger partial charge in [-0.05, 0) is 42.5 Å². The molecular formula is C23H20ClFN2O2. The van der Waals surface area contributed by atoms with Crippen molar-refractivity contribution in [3.05, 3.63) is 88.7 Å². The van der Waals surface area contributed by atoms with Crippen LogP contribution in [0, 0.1) is 5.82 Å². The second kappa shape index (κ2) is 8.13. The van der Waals surface area contributed by atoms with Gasteiger partial charge in [-0.15, -0.1) is 0 Å². The highest BCUT2D eigenvalue weighted by molar-refractivity contribution is 6.30. The summed E-state index contributed by atoms with van der Waals surface area (Å²) in [5, 5.41) is 7.31. The molecule has 1 atom stereocenters. The second-order valence-electron chi connectivity index (χ2n) is 6.68. The molecule has 0 aromatic heterocycles. The second-order valence-corrected chi connectivity index (χ2v) is 7.11. The first-order valence-electron chi connectivity index (χ1n) is 9.20. The van der Waals surface area contributed by atoms with Gasteiger partial charge in [0, 0.05) is 28.6 Å². The molecule has 0 saturated carbocycles. The van der Waals surface area contributed by atoms with E-state index in [0.717, 1.165) is 11.3 Å². The summed E-state index contributed by atoms with van der Waals surface area (Å²) in [4.78, 5) is 0. The van der Waals surface area contributed by atoms with Gasteiger partial charge in [-0.25, -0.2) is 4.39 Å². The fraction of sp³-hybridized carbons (Fsp3) is 0.174. The number of ether oxygens (including phenoxy) is 2. The molecule has 0 aliphatic carbocycles. The molecule has 148 valence electrons. The van der Waals surface area contributed by atoms with Crippen LogP contribution in [0.5, 0.6) is 11.5 Å². The van der Waals surface area contributed by atoms with E-state index in [2.05, 4.69) is 0 Å². The molecule has 4 nitrogen and oxygen atoms in total. The molecule has 0 spiro atoms. The van der Waals surface area contributed by atoms with Crippen molar-refractivity contribution < 1.29 is 13.9 Å². The Hall–Kier alpha value is -3.05. The van der Waals surface area contributed by atoms with E-state index in [4.69, 9.17) is 26.2 Å². The van der Waals surface area contributed by atoms with Crippen LogP contribution in [-0.4, -0.2) is 19.9 Å². The van der Waals surface area contributed by atoms with E-state index in [-0.39, 0.29) is 11.9 Å². The Morgan fingerprint density at radius 1 is 1.00 bits per heavy atom. The highest BCUT2D eigenvalue weighted by atomic mass is 35.5. The summed E-state index contributed by atoms with van der Waals surface area (Å²) in [7, 11) is 3.24. The minimum absolute atomic E-state index is 0.161. The van der Waals surface area contributed by atoms with Gasteiger partial charge in [0.2, 0.25) is 0 Å². The maximum atomic E-state index is 14.4. The number of halogens is 2. The number of hydrogen-bond donors (Lipinski definition) is 0. The SMILES string of the molecule is COc1ccc([C@@H]2CC(c3ccccc3F)=NN2c2ccc(Cl)cc2)c(OC)c1. The molecule has 0 bridgehead atoms. The third-order valence-corrected chi connectivity index (χ3v) is 5.24. The molecule has 0 amide bonds. The van der Waals surface area contributed by atoms with Crippen molar-refractivity contribution in [3.63, 3.8) is 0 Å². The molecule has 0 unspecified atom stereocenters. The minimum Gasteiger partial charge on any atom is -0.497 e. The summed E-state index contributed by atoms with van der Waals surface area (Å²) in [6.07, 6.45) is 0.534. The Kier molecular flexibility index (Phi) is 5.41. The molecule has 0 radical (unpaired) electrons. The van der Waals surface area contributed by atoms with E-state index in [1.807, 2.05) is 53.5 Å². The van der Waals surface area contributed by atoms with Crippen LogP contribution in [0.25, 0.3) is 0 Å². The summed E-state index contributed by atoms with van der Waals surface area (Å²) >= 11 is 6.06. The van der Waals surface area contributed by atoms with E-state index in [1.54, 1.807) is 26.4 Å². The standard InChI is InChI=1S/C23H20ClFN2O2/c1-28-17-11-12-19(23(13-17)29-2)22-14-21(18-5-3-4-6-20(18)25)26-27(22)16-9-7-15(24)8-10-16/h3-13,22H,14H2,1-2H3/t22-/m0/s1. The van der Waals surface area contributed by atoms with Gasteiger partial charge in [0.15, 0.2) is 0 Å². The number of nitrogens with zero attached hydrogens (tertiary/aromatic N) is 2. The first-order chi connectivity index (χ1) is 14.1. The van der Waals surface area contributed by atoms with Crippen LogP contribution in [0.15, 0.2) is 71.8 Å². The summed E-state index contributed by atoms with van der Waals surface area (Å²) in [6.45, 7) is 0. The Morgan fingerprint density at radius 2 is 1.76 bits per heavy atom. The van der Waals surface area contributed by atoms with Gasteiger partial charge in [0.05, 0.1) is 31.7 Å². The van der Waals surface area contributed by atoms with Crippen LogP contribution < -0.4 is 14.5 Å². The van der Waals surface area contributed by atoms with Gasteiger partial charge >= 0.3 is 0 Å². The lowest BCUT2D eigenvalue weighted by Gasteiger charge is -2.25. The van der Waals surface area contributed by atoms with E-state index >= 15 is 0 Å². The number of benzene rings is 3. The monoisotopic (exact) mass is 410 g/mol. The Bertz CT molecular complexity index is 1050. The van der Waals surface area contributed by atoms with Crippen LogP contribution in [-0.2, 0) is 0 Å². The van der Waals surface area contributed by atoms with Gasteiger partial charge in [-0.1, -0.05) is 29.8 Å². The van der Waals surface area contributed by atoms with Crippen molar-refractivity contribution in [3.8, 4) is 11.5 Å². The maximum Gasteiger partial charge on any atom is 0.132 e. The van der Waals surface area contributed by atoms with Crippen LogP contribution >= 0.6 is 11.6 Å². The summed E-state index contributed by atoms with van der Waals surface area (Å²) < 4.78 is 25.4. The molecule has 6 heteroatoms. The summed E-state index contributed by atoms with van der Waals surface area (Å²) in [5.41, 5.74) is 2.99. The Morgan fingerprint density at radius 3 is 2.45 bits per heavy atom. The maximum absolute atomic E-state index is 14.4. The zero-order chi connectivity index (χ0) is 20.4. The van der Waals surface area contributed by atoms with Crippen molar-refractivity contribution in [1.82, 2.24) is 0 Å². The average Bonchev–Trinajstić information content (AvgIpc) is 3.19. The third-order valence-electron chi connectivity index (χ3n) is 4.99. The molecule has 1 aliphatic heterocycles. The first kappa shape index (κ1) is 19.3. The molecule has 1 heterocycles. The van der Waals surface area contributed by atoms with Gasteiger partial charge in [-0.2, -0.15) is 5.10 Å². The van der Waals surface area contributed by atoms with Crippen LogP contribution in [0.3, 0.4) is 0 Å². The van der Waals surface area contributed by atoms with Crippen molar-refractivity contribution in [2.24, 2.45) is 5.10 Å². The van der Waals surface area contributed by atoms with Crippen molar-refractivity contribution in [2.75, 3.05) is 19.2 Å². The molecule has 0 saturated heterocycles. The molecule has 0 N–H and O–H groups in total. The number of methoxy groups -OCH3 is 2. The van der Waals surface area contributed by atoms with Gasteiger partial charge in [0.25, 0.3) is 0 Å². The predicted molar refractivity (Wildman–Crippen MR) is 114 cm³/mol. The molecule has 1 aliphatic rings. The number of hydrazone groups is 1. The molecular weight excluding hydrogens is 391 g/mol. The summed E-state index contributed by atoms with van der Waals surface area (Å²) in [5.74, 6) is 1.11. The topological polar surface area (TPSA) is 34.1 Å². The van der Waals surface area contributed by atoms with E-state index in [9.17, 15) is 4.39 Å². The zero-order valence-corrected chi connectivity index (χ0v) is 16.9. The Balaban J connectivity index is 1.80. The van der Waals surface area contributed by atoms with Crippen molar-refractivity contribution >= 4 is 23.0 Å². The highest BCUT2D eigenvalue weighted by Crippen LogP contribution is 2.41. The van der Waals surface area contributed by atoms with Crippen LogP contribution in [0.1, 0.15) is 23.6 Å². The normalized spacial score (nSPS) is 15.9. The number of rotatable bonds is 5. The Labute approximate surface area is 174 Å². The fourth-order valence-electron chi connectivity index (χ4n) is 3.54. The quantitative estimate of drug-likeness (QED) is 0.529. The predicted octanol–water partition coefficient (Wildman–Crippen LogP) is 5.85. The van der Waals surface area contributed by atoms with Gasteiger partial charge < -0.3 is 9.47 Å². The average molecular weight is 411 g/mol. The third kappa shape index (κ3) is 3.78. The molecule has 3 aromatic rings. The number of anilines is 1. The van der Waals surface area contributed by atoms with E-state index in [1.165, 1.54) is 6.07 Å². The largest absolute Gasteiger partial charge is 0.497 e. The number of hydrogen-bond acceptors (Lipinski definition) is 4. The highest BCUT2D eigenvalue weighted by Gasteiger charge is 2.33. The van der Waals surface area contributed by atoms with Crippen molar-refractivity contribution in [1.29, 1.82) is 0 Å². The van der Waals surface area contributed by atoms with Crippen molar-refractivity contribution in [2.45, 2.75) is 12.5 Å². The first-order valence-corrected chi connectivity index (χ1v) is 9.57. The fourth-order valence-corrected chi connectivity index (χ4v) is 3.66. The van der Waals surface area contributed by atoms with Gasteiger partial charge in [-0.3, -0.25) is 5.01 Å². The molecule has 3 aromatic carbocycles. The molecule has 0 fully saturated rings. The lowest BCUT2D eigenvalue weighted by atomic mass is 9.97. The smallest absolute Gasteiger partial charge is 0.132 e. The summed E-state index contributed by atoms with van der Waals surface area (Å²) in [6, 6.07) is 19.7. The van der Waals surface area contributed by atoms with Crippen LogP contribution in [0.4, 0.5) is 10.1 Å². The molecule has 29 heavy (non-hydrogen) atoms. The lowest BCUT2D eigenvalue weighted by molar-refractivity contribution is 0.388. The molecule has 4 rings (SSSR count). The van der Waals surface area contributed by atoms with E-state index in [0.29, 0.717) is 34.2 Å². The zero-order valence-electron chi connectivity index (χ0n) is 16.1.